The fourth-order valence-corrected chi connectivity index (χ4v) is 3.21. The van der Waals surface area contributed by atoms with Gasteiger partial charge in [0.1, 0.15) is 11.3 Å². The second-order valence-electron chi connectivity index (χ2n) is 7.70. The van der Waals surface area contributed by atoms with Crippen LogP contribution in [0.1, 0.15) is 24.4 Å². The molecular formula is C25H21ClN2O4. The van der Waals surface area contributed by atoms with Gasteiger partial charge in [-0.05, 0) is 68.4 Å². The molecule has 0 fully saturated rings. The third-order valence-electron chi connectivity index (χ3n) is 4.76. The number of nitrogens with one attached hydrogen (secondary N) is 2. The summed E-state index contributed by atoms with van der Waals surface area (Å²) in [6, 6.07) is 22.7. The monoisotopic (exact) mass is 448 g/mol. The zero-order valence-electron chi connectivity index (χ0n) is 17.5. The fourth-order valence-electron chi connectivity index (χ4n) is 3.09. The van der Waals surface area contributed by atoms with Crippen molar-refractivity contribution in [2.45, 2.75) is 19.4 Å². The third kappa shape index (κ3) is 4.92. The quantitative estimate of drug-likeness (QED) is 0.371. The van der Waals surface area contributed by atoms with Crippen LogP contribution >= 0.6 is 11.6 Å². The molecule has 1 heterocycles. The Morgan fingerprint density at radius 1 is 0.875 bits per heavy atom. The Labute approximate surface area is 190 Å². The number of halogens is 1. The first-order valence-electron chi connectivity index (χ1n) is 9.96. The van der Waals surface area contributed by atoms with E-state index in [0.717, 1.165) is 5.39 Å². The van der Waals surface area contributed by atoms with E-state index in [-0.39, 0.29) is 17.6 Å². The number of carbonyl (C=O) groups is 2. The standard InChI is InChI=1S/C25H21ClN2O4/c1-25(2,32-20-12-10-17(26)11-13-20)24(30)28-19-8-5-7-18(15-19)27-23(29)22-14-16-6-3-4-9-21(16)31-22/h3-15H,1-2H3,(H,27,29)(H,28,30). The van der Waals surface area contributed by atoms with E-state index in [1.165, 1.54) is 0 Å². The molecule has 0 atom stereocenters. The van der Waals surface area contributed by atoms with E-state index >= 15 is 0 Å². The topological polar surface area (TPSA) is 80.6 Å². The van der Waals surface area contributed by atoms with Crippen LogP contribution in [-0.4, -0.2) is 17.4 Å². The van der Waals surface area contributed by atoms with Gasteiger partial charge in [-0.15, -0.1) is 0 Å². The molecule has 0 aliphatic rings. The van der Waals surface area contributed by atoms with Crippen molar-refractivity contribution in [3.63, 3.8) is 0 Å². The number of furan rings is 1. The van der Waals surface area contributed by atoms with Gasteiger partial charge in [0.15, 0.2) is 11.4 Å². The summed E-state index contributed by atoms with van der Waals surface area (Å²) in [6.45, 7) is 3.34. The van der Waals surface area contributed by atoms with Crippen molar-refractivity contribution in [1.29, 1.82) is 0 Å². The molecule has 3 aromatic carbocycles. The van der Waals surface area contributed by atoms with Crippen LogP contribution in [0.2, 0.25) is 5.02 Å². The lowest BCUT2D eigenvalue weighted by Gasteiger charge is -2.25. The molecule has 0 radical (unpaired) electrons. The van der Waals surface area contributed by atoms with Crippen LogP contribution in [0.3, 0.4) is 0 Å². The van der Waals surface area contributed by atoms with E-state index in [2.05, 4.69) is 10.6 Å². The smallest absolute Gasteiger partial charge is 0.291 e. The Hall–Kier alpha value is -3.77. The van der Waals surface area contributed by atoms with Crippen molar-refractivity contribution >= 4 is 45.8 Å². The number of carbonyl (C=O) groups excluding carboxylic acids is 2. The number of anilines is 2. The Balaban J connectivity index is 1.43. The van der Waals surface area contributed by atoms with Gasteiger partial charge in [-0.25, -0.2) is 0 Å². The lowest BCUT2D eigenvalue weighted by Crippen LogP contribution is -2.42. The molecule has 2 amide bonds. The summed E-state index contributed by atoms with van der Waals surface area (Å²) in [6.07, 6.45) is 0. The number of para-hydroxylation sites is 1. The summed E-state index contributed by atoms with van der Waals surface area (Å²) < 4.78 is 11.4. The molecule has 0 unspecified atom stereocenters. The van der Waals surface area contributed by atoms with Gasteiger partial charge in [-0.3, -0.25) is 9.59 Å². The SMILES string of the molecule is CC(C)(Oc1ccc(Cl)cc1)C(=O)Nc1cccc(NC(=O)c2cc3ccccc3o2)c1. The molecule has 0 aliphatic heterocycles. The summed E-state index contributed by atoms with van der Waals surface area (Å²) in [5, 5.41) is 7.05. The average Bonchev–Trinajstić information content (AvgIpc) is 3.20. The van der Waals surface area contributed by atoms with E-state index in [1.807, 2.05) is 18.2 Å². The maximum atomic E-state index is 12.8. The molecule has 0 saturated heterocycles. The summed E-state index contributed by atoms with van der Waals surface area (Å²) >= 11 is 5.89. The second kappa shape index (κ2) is 8.77. The molecule has 0 spiro atoms. The zero-order chi connectivity index (χ0) is 22.7. The Kier molecular flexibility index (Phi) is 5.88. The van der Waals surface area contributed by atoms with Gasteiger partial charge in [-0.2, -0.15) is 0 Å². The molecule has 32 heavy (non-hydrogen) atoms. The van der Waals surface area contributed by atoms with Crippen LogP contribution in [0.25, 0.3) is 11.0 Å². The number of benzene rings is 3. The maximum absolute atomic E-state index is 12.8. The molecule has 6 nitrogen and oxygen atoms in total. The van der Waals surface area contributed by atoms with Crippen LogP contribution < -0.4 is 15.4 Å². The largest absolute Gasteiger partial charge is 0.478 e. The minimum Gasteiger partial charge on any atom is -0.478 e. The van der Waals surface area contributed by atoms with E-state index in [1.54, 1.807) is 74.5 Å². The third-order valence-corrected chi connectivity index (χ3v) is 5.01. The van der Waals surface area contributed by atoms with Gasteiger partial charge in [0.25, 0.3) is 11.8 Å². The minimum absolute atomic E-state index is 0.207. The molecule has 4 rings (SSSR count). The highest BCUT2D eigenvalue weighted by Crippen LogP contribution is 2.24. The highest BCUT2D eigenvalue weighted by Gasteiger charge is 2.30. The van der Waals surface area contributed by atoms with Gasteiger partial charge in [0.2, 0.25) is 0 Å². The molecule has 0 aliphatic carbocycles. The molecule has 4 aromatic rings. The summed E-state index contributed by atoms with van der Waals surface area (Å²) in [4.78, 5) is 25.4. The highest BCUT2D eigenvalue weighted by molar-refractivity contribution is 6.30. The van der Waals surface area contributed by atoms with Crippen LogP contribution in [0.4, 0.5) is 11.4 Å². The Morgan fingerprint density at radius 2 is 1.56 bits per heavy atom. The fraction of sp³-hybridized carbons (Fsp3) is 0.120. The van der Waals surface area contributed by atoms with Gasteiger partial charge in [0.05, 0.1) is 0 Å². The van der Waals surface area contributed by atoms with Gasteiger partial charge in [0, 0.05) is 21.8 Å². The number of hydrogen-bond acceptors (Lipinski definition) is 4. The first-order valence-corrected chi connectivity index (χ1v) is 10.3. The number of amides is 2. The molecular weight excluding hydrogens is 428 g/mol. The molecule has 0 saturated carbocycles. The van der Waals surface area contributed by atoms with Crippen LogP contribution in [-0.2, 0) is 4.79 Å². The average molecular weight is 449 g/mol. The molecule has 162 valence electrons. The van der Waals surface area contributed by atoms with E-state index in [4.69, 9.17) is 20.8 Å². The predicted octanol–water partition coefficient (Wildman–Crippen LogP) is 6.13. The van der Waals surface area contributed by atoms with Crippen LogP contribution in [0, 0.1) is 0 Å². The molecule has 1 aromatic heterocycles. The van der Waals surface area contributed by atoms with Crippen molar-refractivity contribution in [2.75, 3.05) is 10.6 Å². The number of ether oxygens (including phenoxy) is 1. The van der Waals surface area contributed by atoms with Crippen molar-refractivity contribution < 1.29 is 18.7 Å². The van der Waals surface area contributed by atoms with Crippen LogP contribution in [0.15, 0.2) is 83.3 Å². The number of rotatable bonds is 6. The van der Waals surface area contributed by atoms with E-state index in [0.29, 0.717) is 27.7 Å². The number of hydrogen-bond donors (Lipinski definition) is 2. The first kappa shape index (κ1) is 21.5. The Morgan fingerprint density at radius 3 is 2.28 bits per heavy atom. The van der Waals surface area contributed by atoms with E-state index in [9.17, 15) is 9.59 Å². The zero-order valence-corrected chi connectivity index (χ0v) is 18.3. The van der Waals surface area contributed by atoms with Gasteiger partial charge in [-0.1, -0.05) is 35.9 Å². The summed E-state index contributed by atoms with van der Waals surface area (Å²) in [7, 11) is 0. The van der Waals surface area contributed by atoms with Crippen molar-refractivity contribution in [2.24, 2.45) is 0 Å². The van der Waals surface area contributed by atoms with Gasteiger partial charge >= 0.3 is 0 Å². The molecule has 0 bridgehead atoms. The Bertz CT molecular complexity index is 1250. The van der Waals surface area contributed by atoms with Crippen molar-refractivity contribution in [3.05, 3.63) is 89.6 Å². The van der Waals surface area contributed by atoms with Crippen LogP contribution in [0.5, 0.6) is 5.75 Å². The summed E-state index contributed by atoms with van der Waals surface area (Å²) in [5.41, 5.74) is 0.540. The lowest BCUT2D eigenvalue weighted by molar-refractivity contribution is -0.128. The second-order valence-corrected chi connectivity index (χ2v) is 8.14. The van der Waals surface area contributed by atoms with E-state index < -0.39 is 5.60 Å². The lowest BCUT2D eigenvalue weighted by atomic mass is 10.1. The van der Waals surface area contributed by atoms with Crippen molar-refractivity contribution in [3.8, 4) is 5.75 Å². The van der Waals surface area contributed by atoms with Crippen molar-refractivity contribution in [1.82, 2.24) is 0 Å². The number of fused-ring (bicyclic) bond motifs is 1. The highest BCUT2D eigenvalue weighted by atomic mass is 35.5. The first-order chi connectivity index (χ1) is 15.3. The maximum Gasteiger partial charge on any atom is 0.291 e. The van der Waals surface area contributed by atoms with Gasteiger partial charge < -0.3 is 19.8 Å². The summed E-state index contributed by atoms with van der Waals surface area (Å²) in [5.74, 6) is 0.0174. The normalized spacial score (nSPS) is 11.2. The molecule has 2 N–H and O–H groups in total. The predicted molar refractivity (Wildman–Crippen MR) is 125 cm³/mol. The molecule has 7 heteroatoms. The minimum atomic E-state index is -1.14.